The standard InChI is InChI=1S/C11H22N2O2/c1-8-7-13(5-6-15-8)10(14)9(12)11(2,3)4/h8-9H,5-7,12H2,1-4H3/t8-,9-/m1/s1. The molecular formula is C11H22N2O2. The van der Waals surface area contributed by atoms with E-state index in [2.05, 4.69) is 0 Å². The summed E-state index contributed by atoms with van der Waals surface area (Å²) in [4.78, 5) is 13.8. The van der Waals surface area contributed by atoms with Gasteiger partial charge in [0.2, 0.25) is 5.91 Å². The van der Waals surface area contributed by atoms with Gasteiger partial charge in [0.25, 0.3) is 0 Å². The molecule has 1 amide bonds. The summed E-state index contributed by atoms with van der Waals surface area (Å²) in [5.41, 5.74) is 5.76. The number of amides is 1. The number of hydrogen-bond acceptors (Lipinski definition) is 3. The molecule has 15 heavy (non-hydrogen) atoms. The Balaban J connectivity index is 2.60. The summed E-state index contributed by atoms with van der Waals surface area (Å²) in [5.74, 6) is 0.0395. The van der Waals surface area contributed by atoms with Gasteiger partial charge in [0, 0.05) is 13.1 Å². The van der Waals surface area contributed by atoms with E-state index in [1.54, 1.807) is 0 Å². The zero-order valence-corrected chi connectivity index (χ0v) is 10.1. The highest BCUT2D eigenvalue weighted by Gasteiger charge is 2.32. The van der Waals surface area contributed by atoms with Crippen LogP contribution in [0.5, 0.6) is 0 Å². The Morgan fingerprint density at radius 3 is 2.60 bits per heavy atom. The van der Waals surface area contributed by atoms with Gasteiger partial charge >= 0.3 is 0 Å². The van der Waals surface area contributed by atoms with Crippen molar-refractivity contribution in [2.75, 3.05) is 19.7 Å². The summed E-state index contributed by atoms with van der Waals surface area (Å²) in [6, 6.07) is -0.428. The first-order valence-electron chi connectivity index (χ1n) is 5.48. The fourth-order valence-corrected chi connectivity index (χ4v) is 1.59. The maximum Gasteiger partial charge on any atom is 0.240 e. The van der Waals surface area contributed by atoms with Crippen LogP contribution in [0.15, 0.2) is 0 Å². The SMILES string of the molecule is C[C@@H]1CN(C(=O)[C@@H](N)C(C)(C)C)CCO1. The summed E-state index contributed by atoms with van der Waals surface area (Å²) < 4.78 is 5.39. The first-order chi connectivity index (χ1) is 6.82. The molecule has 0 saturated carbocycles. The summed E-state index contributed by atoms with van der Waals surface area (Å²) in [7, 11) is 0. The third-order valence-corrected chi connectivity index (χ3v) is 2.75. The van der Waals surface area contributed by atoms with Crippen LogP contribution in [0.1, 0.15) is 27.7 Å². The third kappa shape index (κ3) is 3.18. The second kappa shape index (κ2) is 4.49. The molecule has 2 N–H and O–H groups in total. The molecule has 1 heterocycles. The molecule has 1 fully saturated rings. The minimum Gasteiger partial charge on any atom is -0.375 e. The second-order valence-corrected chi connectivity index (χ2v) is 5.31. The van der Waals surface area contributed by atoms with Crippen LogP contribution in [-0.4, -0.2) is 42.6 Å². The summed E-state index contributed by atoms with van der Waals surface area (Å²) >= 11 is 0. The fraction of sp³-hybridized carbons (Fsp3) is 0.909. The Bertz CT molecular complexity index is 235. The van der Waals surface area contributed by atoms with E-state index in [0.717, 1.165) is 0 Å². The Labute approximate surface area is 91.8 Å². The average Bonchev–Trinajstić information content (AvgIpc) is 2.14. The van der Waals surface area contributed by atoms with E-state index in [9.17, 15) is 4.79 Å². The molecule has 2 atom stereocenters. The van der Waals surface area contributed by atoms with E-state index in [1.165, 1.54) is 0 Å². The van der Waals surface area contributed by atoms with Crippen molar-refractivity contribution in [3.8, 4) is 0 Å². The van der Waals surface area contributed by atoms with E-state index in [-0.39, 0.29) is 17.4 Å². The zero-order chi connectivity index (χ0) is 11.6. The molecule has 1 aliphatic heterocycles. The maximum absolute atomic E-state index is 12.0. The Morgan fingerprint density at radius 1 is 1.53 bits per heavy atom. The Kier molecular flexibility index (Phi) is 3.73. The predicted molar refractivity (Wildman–Crippen MR) is 59.4 cm³/mol. The molecule has 0 radical (unpaired) electrons. The van der Waals surface area contributed by atoms with Gasteiger partial charge in [-0.25, -0.2) is 0 Å². The number of carbonyl (C=O) groups is 1. The summed E-state index contributed by atoms with van der Waals surface area (Å²) in [6.07, 6.45) is 0.120. The van der Waals surface area contributed by atoms with Gasteiger partial charge in [-0.3, -0.25) is 4.79 Å². The normalized spacial score (nSPS) is 25.1. The van der Waals surface area contributed by atoms with Crippen LogP contribution < -0.4 is 5.73 Å². The molecule has 0 spiro atoms. The molecule has 0 bridgehead atoms. The van der Waals surface area contributed by atoms with Crippen LogP contribution >= 0.6 is 0 Å². The number of hydrogen-bond donors (Lipinski definition) is 1. The predicted octanol–water partition coefficient (Wildman–Crippen LogP) is 0.607. The van der Waals surface area contributed by atoms with Crippen molar-refractivity contribution in [2.45, 2.75) is 39.8 Å². The van der Waals surface area contributed by atoms with Crippen LogP contribution in [0.3, 0.4) is 0 Å². The van der Waals surface area contributed by atoms with Gasteiger partial charge in [0.05, 0.1) is 18.8 Å². The number of ether oxygens (including phenoxy) is 1. The number of nitrogens with two attached hydrogens (primary N) is 1. The van der Waals surface area contributed by atoms with E-state index < -0.39 is 6.04 Å². The first kappa shape index (κ1) is 12.5. The molecular weight excluding hydrogens is 192 g/mol. The molecule has 0 aromatic heterocycles. The minimum atomic E-state index is -0.428. The number of rotatable bonds is 1. The lowest BCUT2D eigenvalue weighted by atomic mass is 9.86. The van der Waals surface area contributed by atoms with Gasteiger partial charge in [-0.1, -0.05) is 20.8 Å². The topological polar surface area (TPSA) is 55.6 Å². The van der Waals surface area contributed by atoms with Gasteiger partial charge in [-0.2, -0.15) is 0 Å². The highest BCUT2D eigenvalue weighted by atomic mass is 16.5. The van der Waals surface area contributed by atoms with Crippen LogP contribution in [0, 0.1) is 5.41 Å². The highest BCUT2D eigenvalue weighted by molar-refractivity contribution is 5.82. The minimum absolute atomic E-state index is 0.0395. The number of nitrogens with zero attached hydrogens (tertiary/aromatic N) is 1. The lowest BCUT2D eigenvalue weighted by Crippen LogP contribution is -2.54. The second-order valence-electron chi connectivity index (χ2n) is 5.31. The van der Waals surface area contributed by atoms with Crippen LogP contribution in [0.2, 0.25) is 0 Å². The van der Waals surface area contributed by atoms with Crippen molar-refractivity contribution >= 4 is 5.91 Å². The molecule has 1 aliphatic rings. The van der Waals surface area contributed by atoms with Crippen molar-refractivity contribution in [3.05, 3.63) is 0 Å². The van der Waals surface area contributed by atoms with Crippen molar-refractivity contribution < 1.29 is 9.53 Å². The van der Waals surface area contributed by atoms with E-state index >= 15 is 0 Å². The largest absolute Gasteiger partial charge is 0.375 e. The molecule has 1 saturated heterocycles. The molecule has 4 nitrogen and oxygen atoms in total. The van der Waals surface area contributed by atoms with Crippen LogP contribution in [-0.2, 0) is 9.53 Å². The lowest BCUT2D eigenvalue weighted by Gasteiger charge is -2.36. The number of morpholine rings is 1. The lowest BCUT2D eigenvalue weighted by molar-refractivity contribution is -0.141. The van der Waals surface area contributed by atoms with Crippen molar-refractivity contribution in [3.63, 3.8) is 0 Å². The molecule has 4 heteroatoms. The monoisotopic (exact) mass is 214 g/mol. The van der Waals surface area contributed by atoms with Crippen molar-refractivity contribution in [2.24, 2.45) is 11.1 Å². The Morgan fingerprint density at radius 2 is 2.13 bits per heavy atom. The third-order valence-electron chi connectivity index (χ3n) is 2.75. The van der Waals surface area contributed by atoms with E-state index in [1.807, 2.05) is 32.6 Å². The molecule has 0 unspecified atom stereocenters. The number of carbonyl (C=O) groups excluding carboxylic acids is 1. The summed E-state index contributed by atoms with van der Waals surface area (Å²) in [5, 5.41) is 0. The Hall–Kier alpha value is -0.610. The van der Waals surface area contributed by atoms with E-state index in [0.29, 0.717) is 19.7 Å². The van der Waals surface area contributed by atoms with Gasteiger partial charge < -0.3 is 15.4 Å². The molecule has 88 valence electrons. The van der Waals surface area contributed by atoms with Gasteiger partial charge in [0.1, 0.15) is 0 Å². The van der Waals surface area contributed by atoms with Crippen LogP contribution in [0.25, 0.3) is 0 Å². The van der Waals surface area contributed by atoms with Crippen molar-refractivity contribution in [1.29, 1.82) is 0 Å². The first-order valence-corrected chi connectivity index (χ1v) is 5.48. The smallest absolute Gasteiger partial charge is 0.240 e. The maximum atomic E-state index is 12.0. The fourth-order valence-electron chi connectivity index (χ4n) is 1.59. The van der Waals surface area contributed by atoms with E-state index in [4.69, 9.17) is 10.5 Å². The quantitative estimate of drug-likeness (QED) is 0.695. The van der Waals surface area contributed by atoms with Crippen LogP contribution in [0.4, 0.5) is 0 Å². The van der Waals surface area contributed by atoms with Gasteiger partial charge in [-0.15, -0.1) is 0 Å². The summed E-state index contributed by atoms with van der Waals surface area (Å²) in [6.45, 7) is 9.86. The van der Waals surface area contributed by atoms with Crippen molar-refractivity contribution in [1.82, 2.24) is 4.90 Å². The molecule has 0 aromatic carbocycles. The molecule has 0 aromatic rings. The van der Waals surface area contributed by atoms with Gasteiger partial charge in [-0.05, 0) is 12.3 Å². The zero-order valence-electron chi connectivity index (χ0n) is 10.1. The van der Waals surface area contributed by atoms with Gasteiger partial charge in [0.15, 0.2) is 0 Å². The molecule has 1 rings (SSSR count). The average molecular weight is 214 g/mol. The molecule has 0 aliphatic carbocycles. The highest BCUT2D eigenvalue weighted by Crippen LogP contribution is 2.20.